The zero-order valence-corrected chi connectivity index (χ0v) is 13.8. The van der Waals surface area contributed by atoms with Crippen LogP contribution >= 0.6 is 0 Å². The van der Waals surface area contributed by atoms with E-state index in [1.165, 1.54) is 19.1 Å². The fourth-order valence-electron chi connectivity index (χ4n) is 2.42. The van der Waals surface area contributed by atoms with Gasteiger partial charge in [-0.25, -0.2) is 13.2 Å². The molecule has 1 heterocycles. The van der Waals surface area contributed by atoms with E-state index in [9.17, 15) is 22.8 Å². The molecule has 0 spiro atoms. The van der Waals surface area contributed by atoms with Crippen molar-refractivity contribution in [3.63, 3.8) is 0 Å². The van der Waals surface area contributed by atoms with Gasteiger partial charge in [-0.3, -0.25) is 19.2 Å². The predicted octanol–water partition coefficient (Wildman–Crippen LogP) is -0.188. The van der Waals surface area contributed by atoms with Crippen LogP contribution in [0.25, 0.3) is 0 Å². The maximum atomic E-state index is 12.9. The molecule has 2 unspecified atom stereocenters. The van der Waals surface area contributed by atoms with Gasteiger partial charge in [0.2, 0.25) is 15.9 Å². The monoisotopic (exact) mass is 355 g/mol. The van der Waals surface area contributed by atoms with Crippen molar-refractivity contribution in [2.24, 2.45) is 0 Å². The number of rotatable bonds is 5. The fraction of sp³-hybridized carbons (Fsp3) is 0.357. The molecule has 1 aromatic carbocycles. The Labute approximate surface area is 138 Å². The van der Waals surface area contributed by atoms with Crippen LogP contribution in [0.4, 0.5) is 10.5 Å². The van der Waals surface area contributed by atoms with E-state index in [-0.39, 0.29) is 5.69 Å². The molecule has 1 aromatic rings. The Morgan fingerprint density at radius 1 is 1.25 bits per heavy atom. The van der Waals surface area contributed by atoms with Crippen LogP contribution in [0, 0.1) is 6.92 Å². The highest BCUT2D eigenvalue weighted by atomic mass is 32.2. The Balaban J connectivity index is 2.47. The predicted molar refractivity (Wildman–Crippen MR) is 85.0 cm³/mol. The highest BCUT2D eigenvalue weighted by molar-refractivity contribution is 7.94. The van der Waals surface area contributed by atoms with E-state index in [0.29, 0.717) is 4.31 Å². The molecule has 9 nitrogen and oxygen atoms in total. The Bertz CT molecular complexity index is 774. The minimum atomic E-state index is -4.38. The lowest BCUT2D eigenvalue weighted by Crippen LogP contribution is -2.64. The van der Waals surface area contributed by atoms with Crippen LogP contribution in [0.1, 0.15) is 12.5 Å². The molecule has 24 heavy (non-hydrogen) atoms. The molecule has 0 aromatic heterocycles. The summed E-state index contributed by atoms with van der Waals surface area (Å²) in [6, 6.07) is 4.38. The van der Waals surface area contributed by atoms with E-state index in [4.69, 9.17) is 5.11 Å². The molecule has 0 radical (unpaired) electrons. The van der Waals surface area contributed by atoms with Gasteiger partial charge in [0.15, 0.2) is 5.25 Å². The number of aryl methyl sites for hydroxylation is 1. The molecule has 3 N–H and O–H groups in total. The highest BCUT2D eigenvalue weighted by Gasteiger charge is 2.46. The quantitative estimate of drug-likeness (QED) is 0.671. The molecule has 0 bridgehead atoms. The van der Waals surface area contributed by atoms with Crippen LogP contribution in [0.15, 0.2) is 24.3 Å². The number of imide groups is 1. The van der Waals surface area contributed by atoms with Gasteiger partial charge in [0.05, 0.1) is 11.7 Å². The van der Waals surface area contributed by atoms with Crippen LogP contribution in [0.3, 0.4) is 0 Å². The SMILES string of the molecule is Cc1ccc(N(CC(=O)O)S(=O)(=O)C2C(=O)NC(=O)NC2C)cc1. The summed E-state index contributed by atoms with van der Waals surface area (Å²) in [5, 5.41) is 11.6. The average molecular weight is 355 g/mol. The fourth-order valence-corrected chi connectivity index (χ4v) is 4.31. The van der Waals surface area contributed by atoms with Crippen molar-refractivity contribution in [2.45, 2.75) is 25.1 Å². The number of carboxylic acids is 1. The van der Waals surface area contributed by atoms with E-state index in [2.05, 4.69) is 5.32 Å². The Morgan fingerprint density at radius 3 is 2.33 bits per heavy atom. The summed E-state index contributed by atoms with van der Waals surface area (Å²) in [5.74, 6) is -2.36. The molecule has 3 amide bonds. The van der Waals surface area contributed by atoms with E-state index < -0.39 is 45.8 Å². The molecule has 1 aliphatic rings. The van der Waals surface area contributed by atoms with Crippen molar-refractivity contribution in [3.05, 3.63) is 29.8 Å². The van der Waals surface area contributed by atoms with Gasteiger partial charge < -0.3 is 10.4 Å². The number of amides is 3. The van der Waals surface area contributed by atoms with Crippen LogP contribution in [-0.4, -0.2) is 49.3 Å². The standard InChI is InChI=1S/C14H17N3O6S/c1-8-3-5-10(6-4-8)17(7-11(18)19)24(22,23)12-9(2)15-14(21)16-13(12)20/h3-6,9,12H,7H2,1-2H3,(H,18,19)(H2,15,16,20,21). The summed E-state index contributed by atoms with van der Waals surface area (Å²) in [5.41, 5.74) is 0.988. The van der Waals surface area contributed by atoms with Crippen LogP contribution in [-0.2, 0) is 19.6 Å². The van der Waals surface area contributed by atoms with Gasteiger partial charge in [-0.2, -0.15) is 0 Å². The number of carbonyl (C=O) groups is 3. The lowest BCUT2D eigenvalue weighted by Gasteiger charge is -2.33. The molecule has 2 rings (SSSR count). The summed E-state index contributed by atoms with van der Waals surface area (Å²) in [6.07, 6.45) is 0. The van der Waals surface area contributed by atoms with Gasteiger partial charge in [0.1, 0.15) is 6.54 Å². The number of anilines is 1. The second-order valence-corrected chi connectivity index (χ2v) is 7.43. The molecular formula is C14H17N3O6S. The van der Waals surface area contributed by atoms with E-state index in [1.807, 2.05) is 5.32 Å². The van der Waals surface area contributed by atoms with E-state index in [1.54, 1.807) is 19.1 Å². The number of hydrogen-bond donors (Lipinski definition) is 3. The molecule has 0 aliphatic carbocycles. The molecule has 130 valence electrons. The highest BCUT2D eigenvalue weighted by Crippen LogP contribution is 2.24. The third-order valence-corrected chi connectivity index (χ3v) is 5.76. The first-order valence-corrected chi connectivity index (χ1v) is 8.54. The summed E-state index contributed by atoms with van der Waals surface area (Å²) < 4.78 is 26.4. The number of urea groups is 1. The number of hydrogen-bond acceptors (Lipinski definition) is 5. The van der Waals surface area contributed by atoms with Gasteiger partial charge >= 0.3 is 12.0 Å². The van der Waals surface area contributed by atoms with Crippen molar-refractivity contribution in [1.29, 1.82) is 0 Å². The first-order chi connectivity index (χ1) is 11.1. The van der Waals surface area contributed by atoms with Crippen LogP contribution < -0.4 is 14.9 Å². The Kier molecular flexibility index (Phi) is 4.78. The Hall–Kier alpha value is -2.62. The largest absolute Gasteiger partial charge is 0.480 e. The number of nitrogens with one attached hydrogen (secondary N) is 2. The summed E-state index contributed by atoms with van der Waals surface area (Å²) in [7, 11) is -4.38. The third kappa shape index (κ3) is 3.48. The molecular weight excluding hydrogens is 338 g/mol. The van der Waals surface area contributed by atoms with Crippen molar-refractivity contribution in [2.75, 3.05) is 10.8 Å². The third-order valence-electron chi connectivity index (χ3n) is 3.54. The maximum Gasteiger partial charge on any atom is 0.324 e. The van der Waals surface area contributed by atoms with Gasteiger partial charge in [-0.15, -0.1) is 0 Å². The number of sulfonamides is 1. The van der Waals surface area contributed by atoms with Crippen molar-refractivity contribution in [3.8, 4) is 0 Å². The minimum absolute atomic E-state index is 0.125. The van der Waals surface area contributed by atoms with Crippen molar-refractivity contribution >= 4 is 33.6 Å². The van der Waals surface area contributed by atoms with Gasteiger partial charge in [0.25, 0.3) is 0 Å². The minimum Gasteiger partial charge on any atom is -0.480 e. The van der Waals surface area contributed by atoms with Crippen LogP contribution in [0.2, 0.25) is 0 Å². The number of benzene rings is 1. The molecule has 1 saturated heterocycles. The molecule has 10 heteroatoms. The average Bonchev–Trinajstić information content (AvgIpc) is 2.44. The lowest BCUT2D eigenvalue weighted by molar-refractivity contribution is -0.135. The zero-order valence-electron chi connectivity index (χ0n) is 13.0. The zero-order chi connectivity index (χ0) is 18.1. The van der Waals surface area contributed by atoms with Crippen molar-refractivity contribution in [1.82, 2.24) is 10.6 Å². The number of carboxylic acid groups (broad SMARTS) is 1. The summed E-state index contributed by atoms with van der Waals surface area (Å²) in [6.45, 7) is 2.33. The Morgan fingerprint density at radius 2 is 1.83 bits per heavy atom. The van der Waals surface area contributed by atoms with E-state index >= 15 is 0 Å². The maximum absolute atomic E-state index is 12.9. The second kappa shape index (κ2) is 6.48. The first kappa shape index (κ1) is 17.7. The van der Waals surface area contributed by atoms with Gasteiger partial charge in [-0.1, -0.05) is 17.7 Å². The molecule has 1 aliphatic heterocycles. The summed E-state index contributed by atoms with van der Waals surface area (Å²) >= 11 is 0. The number of carbonyl (C=O) groups excluding carboxylic acids is 2. The van der Waals surface area contributed by atoms with Gasteiger partial charge in [0, 0.05) is 0 Å². The molecule has 2 atom stereocenters. The molecule has 1 fully saturated rings. The number of aliphatic carboxylic acids is 1. The van der Waals surface area contributed by atoms with Crippen molar-refractivity contribution < 1.29 is 27.9 Å². The first-order valence-electron chi connectivity index (χ1n) is 7.04. The normalized spacial score (nSPS) is 20.9. The van der Waals surface area contributed by atoms with E-state index in [0.717, 1.165) is 5.56 Å². The smallest absolute Gasteiger partial charge is 0.324 e. The second-order valence-electron chi connectivity index (χ2n) is 5.45. The topological polar surface area (TPSA) is 133 Å². The summed E-state index contributed by atoms with van der Waals surface area (Å²) in [4.78, 5) is 34.4. The van der Waals surface area contributed by atoms with Crippen LogP contribution in [0.5, 0.6) is 0 Å². The lowest BCUT2D eigenvalue weighted by atomic mass is 10.2. The number of nitrogens with zero attached hydrogens (tertiary/aromatic N) is 1. The molecule has 0 saturated carbocycles. The van der Waals surface area contributed by atoms with Gasteiger partial charge in [-0.05, 0) is 26.0 Å².